The van der Waals surface area contributed by atoms with Gasteiger partial charge >= 0.3 is 5.97 Å². The fourth-order valence-corrected chi connectivity index (χ4v) is 1.05. The van der Waals surface area contributed by atoms with Crippen molar-refractivity contribution in [1.82, 2.24) is 0 Å². The largest absolute Gasteiger partial charge is 0.478 e. The third-order valence-electron chi connectivity index (χ3n) is 1.79. The SMILES string of the molecule is NCCC(=O)Nc1ccc(C(=O)O)cc1. The molecule has 0 unspecified atom stereocenters. The Labute approximate surface area is 86.9 Å². The van der Waals surface area contributed by atoms with E-state index in [1.54, 1.807) is 0 Å². The molecule has 1 aromatic rings. The highest BCUT2D eigenvalue weighted by molar-refractivity contribution is 5.92. The number of amides is 1. The Bertz CT molecular complexity index is 359. The molecule has 0 heterocycles. The number of carboxylic acids is 1. The van der Waals surface area contributed by atoms with Gasteiger partial charge in [0.15, 0.2) is 0 Å². The molecule has 5 nitrogen and oxygen atoms in total. The molecule has 0 radical (unpaired) electrons. The van der Waals surface area contributed by atoms with E-state index >= 15 is 0 Å². The van der Waals surface area contributed by atoms with Crippen molar-refractivity contribution in [3.8, 4) is 0 Å². The van der Waals surface area contributed by atoms with Crippen LogP contribution in [0.3, 0.4) is 0 Å². The first-order valence-corrected chi connectivity index (χ1v) is 4.47. The van der Waals surface area contributed by atoms with Gasteiger partial charge in [-0.05, 0) is 24.3 Å². The lowest BCUT2D eigenvalue weighted by Crippen LogP contribution is -2.16. The minimum Gasteiger partial charge on any atom is -0.478 e. The number of hydrogen-bond acceptors (Lipinski definition) is 3. The summed E-state index contributed by atoms with van der Waals surface area (Å²) in [7, 11) is 0. The molecule has 0 aromatic heterocycles. The lowest BCUT2D eigenvalue weighted by molar-refractivity contribution is -0.116. The maximum atomic E-state index is 11.1. The van der Waals surface area contributed by atoms with Gasteiger partial charge < -0.3 is 16.2 Å². The van der Waals surface area contributed by atoms with Crippen LogP contribution in [-0.2, 0) is 4.79 Å². The second-order valence-electron chi connectivity index (χ2n) is 2.97. The molecular weight excluding hydrogens is 196 g/mol. The molecule has 0 aliphatic carbocycles. The van der Waals surface area contributed by atoms with E-state index in [0.717, 1.165) is 0 Å². The Kier molecular flexibility index (Phi) is 3.82. The van der Waals surface area contributed by atoms with Crippen LogP contribution in [0.25, 0.3) is 0 Å². The van der Waals surface area contributed by atoms with Crippen molar-refractivity contribution in [3.05, 3.63) is 29.8 Å². The molecule has 1 amide bonds. The number of rotatable bonds is 4. The second kappa shape index (κ2) is 5.11. The molecule has 5 heteroatoms. The van der Waals surface area contributed by atoms with Crippen LogP contribution < -0.4 is 11.1 Å². The molecule has 0 aliphatic rings. The zero-order valence-corrected chi connectivity index (χ0v) is 8.06. The van der Waals surface area contributed by atoms with E-state index in [1.165, 1.54) is 24.3 Å². The van der Waals surface area contributed by atoms with Crippen molar-refractivity contribution in [1.29, 1.82) is 0 Å². The lowest BCUT2D eigenvalue weighted by atomic mass is 10.2. The normalized spacial score (nSPS) is 9.67. The van der Waals surface area contributed by atoms with Gasteiger partial charge in [-0.25, -0.2) is 4.79 Å². The Morgan fingerprint density at radius 3 is 2.33 bits per heavy atom. The van der Waals surface area contributed by atoms with Crippen molar-refractivity contribution in [2.75, 3.05) is 11.9 Å². The Balaban J connectivity index is 2.64. The van der Waals surface area contributed by atoms with Crippen LogP contribution in [0, 0.1) is 0 Å². The number of benzene rings is 1. The number of carboxylic acid groups (broad SMARTS) is 1. The molecule has 0 aliphatic heterocycles. The summed E-state index contributed by atoms with van der Waals surface area (Å²) in [5.74, 6) is -1.17. The molecule has 0 bridgehead atoms. The third kappa shape index (κ3) is 3.40. The van der Waals surface area contributed by atoms with Crippen LogP contribution in [-0.4, -0.2) is 23.5 Å². The van der Waals surface area contributed by atoms with Gasteiger partial charge in [0.25, 0.3) is 0 Å². The molecule has 0 atom stereocenters. The first kappa shape index (κ1) is 11.2. The summed E-state index contributed by atoms with van der Waals surface area (Å²) >= 11 is 0. The van der Waals surface area contributed by atoms with Crippen molar-refractivity contribution in [2.24, 2.45) is 5.73 Å². The van der Waals surface area contributed by atoms with Crippen LogP contribution in [0.1, 0.15) is 16.8 Å². The fraction of sp³-hybridized carbons (Fsp3) is 0.200. The van der Waals surface area contributed by atoms with Gasteiger partial charge in [0.2, 0.25) is 5.91 Å². The third-order valence-corrected chi connectivity index (χ3v) is 1.79. The van der Waals surface area contributed by atoms with Gasteiger partial charge in [-0.2, -0.15) is 0 Å². The number of aromatic carboxylic acids is 1. The first-order chi connectivity index (χ1) is 7.13. The Morgan fingerprint density at radius 2 is 1.87 bits per heavy atom. The summed E-state index contributed by atoms with van der Waals surface area (Å²) in [6.45, 7) is 0.291. The summed E-state index contributed by atoms with van der Waals surface area (Å²) in [5.41, 5.74) is 5.96. The van der Waals surface area contributed by atoms with E-state index in [2.05, 4.69) is 5.32 Å². The predicted molar refractivity (Wildman–Crippen MR) is 55.7 cm³/mol. The standard InChI is InChI=1S/C10H12N2O3/c11-6-5-9(13)12-8-3-1-7(2-4-8)10(14)15/h1-4H,5-6,11H2,(H,12,13)(H,14,15). The average molecular weight is 208 g/mol. The summed E-state index contributed by atoms with van der Waals surface area (Å²) in [6, 6.07) is 5.94. The van der Waals surface area contributed by atoms with E-state index in [9.17, 15) is 9.59 Å². The number of nitrogens with two attached hydrogens (primary N) is 1. The van der Waals surface area contributed by atoms with Gasteiger partial charge in [-0.3, -0.25) is 4.79 Å². The van der Waals surface area contributed by atoms with Crippen LogP contribution in [0.4, 0.5) is 5.69 Å². The first-order valence-electron chi connectivity index (χ1n) is 4.47. The highest BCUT2D eigenvalue weighted by atomic mass is 16.4. The summed E-state index contributed by atoms with van der Waals surface area (Å²) in [6.07, 6.45) is 0.251. The van der Waals surface area contributed by atoms with E-state index in [-0.39, 0.29) is 17.9 Å². The van der Waals surface area contributed by atoms with Gasteiger partial charge in [-0.15, -0.1) is 0 Å². The molecule has 4 N–H and O–H groups in total. The smallest absolute Gasteiger partial charge is 0.335 e. The van der Waals surface area contributed by atoms with Crippen LogP contribution in [0.5, 0.6) is 0 Å². The van der Waals surface area contributed by atoms with E-state index < -0.39 is 5.97 Å². The highest BCUT2D eigenvalue weighted by Gasteiger charge is 2.03. The van der Waals surface area contributed by atoms with Gasteiger partial charge in [-0.1, -0.05) is 0 Å². The minimum atomic E-state index is -0.991. The number of carbonyl (C=O) groups excluding carboxylic acids is 1. The van der Waals surface area contributed by atoms with Gasteiger partial charge in [0.05, 0.1) is 5.56 Å². The monoisotopic (exact) mass is 208 g/mol. The zero-order valence-electron chi connectivity index (χ0n) is 8.06. The van der Waals surface area contributed by atoms with Gasteiger partial charge in [0.1, 0.15) is 0 Å². The summed E-state index contributed by atoms with van der Waals surface area (Å²) in [5, 5.41) is 11.2. The van der Waals surface area contributed by atoms with Crippen molar-refractivity contribution < 1.29 is 14.7 Å². The van der Waals surface area contributed by atoms with E-state index in [4.69, 9.17) is 10.8 Å². The molecule has 0 saturated heterocycles. The molecule has 1 rings (SSSR count). The molecule has 0 spiro atoms. The Morgan fingerprint density at radius 1 is 1.27 bits per heavy atom. The van der Waals surface area contributed by atoms with Crippen molar-refractivity contribution in [3.63, 3.8) is 0 Å². The van der Waals surface area contributed by atoms with Crippen LogP contribution in [0.2, 0.25) is 0 Å². The fourth-order valence-electron chi connectivity index (χ4n) is 1.05. The number of carbonyl (C=O) groups is 2. The Hall–Kier alpha value is -1.88. The lowest BCUT2D eigenvalue weighted by Gasteiger charge is -2.03. The zero-order chi connectivity index (χ0) is 11.3. The average Bonchev–Trinajstić information content (AvgIpc) is 2.18. The van der Waals surface area contributed by atoms with Crippen molar-refractivity contribution >= 4 is 17.6 Å². The predicted octanol–water partition coefficient (Wildman–Crippen LogP) is 0.672. The molecule has 15 heavy (non-hydrogen) atoms. The van der Waals surface area contributed by atoms with Crippen molar-refractivity contribution in [2.45, 2.75) is 6.42 Å². The number of anilines is 1. The molecule has 80 valence electrons. The number of nitrogens with one attached hydrogen (secondary N) is 1. The molecule has 1 aromatic carbocycles. The van der Waals surface area contributed by atoms with E-state index in [1.807, 2.05) is 0 Å². The second-order valence-corrected chi connectivity index (χ2v) is 2.97. The summed E-state index contributed by atoms with van der Waals surface area (Å²) < 4.78 is 0. The molecular formula is C10H12N2O3. The quantitative estimate of drug-likeness (QED) is 0.678. The van der Waals surface area contributed by atoms with Crippen LogP contribution >= 0.6 is 0 Å². The molecule has 0 fully saturated rings. The minimum absolute atomic E-state index is 0.180. The summed E-state index contributed by atoms with van der Waals surface area (Å²) in [4.78, 5) is 21.7. The van der Waals surface area contributed by atoms with Gasteiger partial charge in [0, 0.05) is 18.7 Å². The maximum Gasteiger partial charge on any atom is 0.335 e. The maximum absolute atomic E-state index is 11.1. The topological polar surface area (TPSA) is 92.4 Å². The van der Waals surface area contributed by atoms with Crippen LogP contribution in [0.15, 0.2) is 24.3 Å². The highest BCUT2D eigenvalue weighted by Crippen LogP contribution is 2.09. The molecule has 0 saturated carbocycles. The van der Waals surface area contributed by atoms with E-state index in [0.29, 0.717) is 12.2 Å². The number of hydrogen-bond donors (Lipinski definition) is 3.